The van der Waals surface area contributed by atoms with Crippen LogP contribution >= 0.6 is 11.6 Å². The van der Waals surface area contributed by atoms with Crippen molar-refractivity contribution in [3.8, 4) is 0 Å². The first-order valence-electron chi connectivity index (χ1n) is 5.31. The Balaban J connectivity index is 3.46. The number of hydrogen-bond acceptors (Lipinski definition) is 4. The largest absolute Gasteiger partial charge is 0.382 e. The fraction of sp³-hybridized carbons (Fsp3) is 0.250. The average Bonchev–Trinajstić information content (AvgIpc) is 2.28. The Morgan fingerprint density at radius 1 is 1.25 bits per heavy atom. The van der Waals surface area contributed by atoms with Crippen LogP contribution in [0.15, 0.2) is 23.2 Å². The molecule has 20 heavy (non-hydrogen) atoms. The lowest BCUT2D eigenvalue weighted by Crippen LogP contribution is -2.17. The van der Waals surface area contributed by atoms with Gasteiger partial charge in [-0.05, 0) is 12.1 Å². The highest BCUT2D eigenvalue weighted by atomic mass is 35.5. The molecule has 0 aliphatic heterocycles. The summed E-state index contributed by atoms with van der Waals surface area (Å²) in [4.78, 5) is 13.0. The van der Waals surface area contributed by atoms with Crippen molar-refractivity contribution in [3.05, 3.63) is 45.5 Å². The van der Waals surface area contributed by atoms with Gasteiger partial charge in [0.15, 0.2) is 21.5 Å². The summed E-state index contributed by atoms with van der Waals surface area (Å²) in [5.74, 6) is -3.50. The minimum atomic E-state index is -3.85. The monoisotopic (exact) mass is 323 g/mol. The number of benzene rings is 1. The van der Waals surface area contributed by atoms with Gasteiger partial charge in [-0.25, -0.2) is 17.2 Å². The van der Waals surface area contributed by atoms with E-state index in [0.717, 1.165) is 12.5 Å². The number of hydrogen-bond donors (Lipinski definition) is 0. The number of nitrogens with zero attached hydrogens (tertiary/aromatic N) is 1. The second-order valence-corrected chi connectivity index (χ2v) is 6.70. The molecule has 0 aliphatic rings. The van der Waals surface area contributed by atoms with Gasteiger partial charge in [0.05, 0.1) is 5.02 Å². The standard InChI is InChI=1S/C12H12ClF2NO3S/c1-16(2)6-11(20(3,18)19)12(17)7-4-9(14)10(15)5-8(7)13/h4-6H,1-3H3/b11-6+. The van der Waals surface area contributed by atoms with Crippen LogP contribution in [-0.2, 0) is 9.84 Å². The second kappa shape index (κ2) is 5.88. The third-order valence-electron chi connectivity index (χ3n) is 2.25. The Kier molecular flexibility index (Phi) is 4.88. The molecule has 0 saturated carbocycles. The van der Waals surface area contributed by atoms with Crippen LogP contribution in [0.2, 0.25) is 5.02 Å². The van der Waals surface area contributed by atoms with E-state index in [1.807, 2.05) is 0 Å². The molecule has 8 heteroatoms. The summed E-state index contributed by atoms with van der Waals surface area (Å²) in [7, 11) is -0.814. The fourth-order valence-corrected chi connectivity index (χ4v) is 2.47. The molecule has 0 radical (unpaired) electrons. The average molecular weight is 324 g/mol. The number of carbonyl (C=O) groups excluding carboxylic acids is 1. The van der Waals surface area contributed by atoms with E-state index in [4.69, 9.17) is 11.6 Å². The van der Waals surface area contributed by atoms with Crippen molar-refractivity contribution in [3.63, 3.8) is 0 Å². The quantitative estimate of drug-likeness (QED) is 0.484. The third-order valence-corrected chi connectivity index (χ3v) is 3.66. The molecule has 0 aromatic heterocycles. The summed E-state index contributed by atoms with van der Waals surface area (Å²) in [6.45, 7) is 0. The zero-order valence-electron chi connectivity index (χ0n) is 10.9. The van der Waals surface area contributed by atoms with Crippen molar-refractivity contribution in [2.45, 2.75) is 0 Å². The molecule has 110 valence electrons. The lowest BCUT2D eigenvalue weighted by atomic mass is 10.1. The summed E-state index contributed by atoms with van der Waals surface area (Å²) in [5, 5.41) is -0.359. The SMILES string of the molecule is CN(C)/C=C(\C(=O)c1cc(F)c(F)cc1Cl)S(C)(=O)=O. The Bertz CT molecular complexity index is 684. The summed E-state index contributed by atoms with van der Waals surface area (Å²) in [5.41, 5.74) is -0.413. The maximum atomic E-state index is 13.2. The molecule has 0 N–H and O–H groups in total. The highest BCUT2D eigenvalue weighted by molar-refractivity contribution is 7.95. The molecule has 0 fully saturated rings. The zero-order valence-corrected chi connectivity index (χ0v) is 12.5. The number of halogens is 3. The number of sulfone groups is 1. The molecule has 0 bridgehead atoms. The van der Waals surface area contributed by atoms with Gasteiger partial charge < -0.3 is 4.90 Å². The Morgan fingerprint density at radius 2 is 1.75 bits per heavy atom. The van der Waals surface area contributed by atoms with Crippen LogP contribution in [-0.4, -0.2) is 39.5 Å². The number of Topliss-reactive ketones (excluding diaryl/α,β-unsaturated/α-hetero) is 1. The zero-order chi connectivity index (χ0) is 15.7. The number of carbonyl (C=O) groups is 1. The molecule has 0 amide bonds. The van der Waals surface area contributed by atoms with Gasteiger partial charge in [-0.15, -0.1) is 0 Å². The number of rotatable bonds is 4. The molecule has 0 saturated heterocycles. The lowest BCUT2D eigenvalue weighted by molar-refractivity contribution is 0.104. The van der Waals surface area contributed by atoms with Crippen molar-refractivity contribution in [1.82, 2.24) is 4.90 Å². The van der Waals surface area contributed by atoms with Crippen LogP contribution in [0.4, 0.5) is 8.78 Å². The van der Waals surface area contributed by atoms with Gasteiger partial charge in [0.25, 0.3) is 0 Å². The smallest absolute Gasteiger partial charge is 0.207 e. The van der Waals surface area contributed by atoms with E-state index in [0.29, 0.717) is 12.1 Å². The number of allylic oxidation sites excluding steroid dienone is 1. The van der Waals surface area contributed by atoms with Gasteiger partial charge in [0, 0.05) is 32.1 Å². The first-order valence-corrected chi connectivity index (χ1v) is 7.58. The van der Waals surface area contributed by atoms with Gasteiger partial charge in [-0.1, -0.05) is 11.6 Å². The summed E-state index contributed by atoms with van der Waals surface area (Å²) in [6, 6.07) is 1.20. The number of ketones is 1. The third kappa shape index (κ3) is 3.77. The Morgan fingerprint density at radius 3 is 2.20 bits per heavy atom. The van der Waals surface area contributed by atoms with Crippen molar-refractivity contribution >= 4 is 27.2 Å². The van der Waals surface area contributed by atoms with E-state index in [1.54, 1.807) is 0 Å². The molecule has 0 atom stereocenters. The minimum Gasteiger partial charge on any atom is -0.382 e. The predicted molar refractivity (Wildman–Crippen MR) is 72.3 cm³/mol. The summed E-state index contributed by atoms with van der Waals surface area (Å²) >= 11 is 5.66. The molecular weight excluding hydrogens is 312 g/mol. The lowest BCUT2D eigenvalue weighted by Gasteiger charge is -2.11. The van der Waals surface area contributed by atoms with Crippen LogP contribution in [0, 0.1) is 11.6 Å². The maximum Gasteiger partial charge on any atom is 0.207 e. The van der Waals surface area contributed by atoms with Crippen molar-refractivity contribution in [1.29, 1.82) is 0 Å². The molecule has 1 aromatic rings. The summed E-state index contributed by atoms with van der Waals surface area (Å²) < 4.78 is 49.4. The predicted octanol–water partition coefficient (Wildman–Crippen LogP) is 2.25. The van der Waals surface area contributed by atoms with E-state index in [2.05, 4.69) is 0 Å². The van der Waals surface area contributed by atoms with Gasteiger partial charge in [-0.2, -0.15) is 0 Å². The first kappa shape index (κ1) is 16.6. The highest BCUT2D eigenvalue weighted by Crippen LogP contribution is 2.24. The Hall–Kier alpha value is -1.47. The van der Waals surface area contributed by atoms with E-state index < -0.39 is 37.7 Å². The van der Waals surface area contributed by atoms with Crippen LogP contribution < -0.4 is 0 Å². The molecule has 1 aromatic carbocycles. The van der Waals surface area contributed by atoms with Gasteiger partial charge in [0.1, 0.15) is 4.91 Å². The van der Waals surface area contributed by atoms with Crippen molar-refractivity contribution in [2.24, 2.45) is 0 Å². The summed E-state index contributed by atoms with van der Waals surface area (Å²) in [6.07, 6.45) is 1.92. The van der Waals surface area contributed by atoms with Crippen molar-refractivity contribution < 1.29 is 22.0 Å². The van der Waals surface area contributed by atoms with Crippen LogP contribution in [0.25, 0.3) is 0 Å². The first-order chi connectivity index (χ1) is 9.04. The van der Waals surface area contributed by atoms with E-state index in [-0.39, 0.29) is 5.02 Å². The normalized spacial score (nSPS) is 12.4. The molecule has 0 unspecified atom stereocenters. The highest BCUT2D eigenvalue weighted by Gasteiger charge is 2.25. The van der Waals surface area contributed by atoms with E-state index in [1.165, 1.54) is 19.0 Å². The van der Waals surface area contributed by atoms with Crippen molar-refractivity contribution in [2.75, 3.05) is 20.4 Å². The van der Waals surface area contributed by atoms with E-state index >= 15 is 0 Å². The Labute approximate surface area is 120 Å². The molecule has 0 heterocycles. The van der Waals surface area contributed by atoms with Gasteiger partial charge in [0.2, 0.25) is 5.78 Å². The molecule has 0 aliphatic carbocycles. The fourth-order valence-electron chi connectivity index (χ4n) is 1.39. The van der Waals surface area contributed by atoms with Crippen LogP contribution in [0.5, 0.6) is 0 Å². The van der Waals surface area contributed by atoms with Gasteiger partial charge in [-0.3, -0.25) is 4.79 Å². The molecule has 4 nitrogen and oxygen atoms in total. The van der Waals surface area contributed by atoms with Crippen LogP contribution in [0.1, 0.15) is 10.4 Å². The van der Waals surface area contributed by atoms with Gasteiger partial charge >= 0.3 is 0 Å². The maximum absolute atomic E-state index is 13.2. The van der Waals surface area contributed by atoms with E-state index in [9.17, 15) is 22.0 Å². The molecule has 1 rings (SSSR count). The second-order valence-electron chi connectivity index (χ2n) is 4.30. The molecular formula is C12H12ClF2NO3S. The molecule has 0 spiro atoms. The minimum absolute atomic E-state index is 0.359. The topological polar surface area (TPSA) is 54.5 Å². The van der Waals surface area contributed by atoms with Crippen LogP contribution in [0.3, 0.4) is 0 Å².